The van der Waals surface area contributed by atoms with Gasteiger partial charge in [-0.15, -0.1) is 0 Å². The first-order chi connectivity index (χ1) is 12.6. The summed E-state index contributed by atoms with van der Waals surface area (Å²) in [6.07, 6.45) is 5.61. The van der Waals surface area contributed by atoms with E-state index >= 15 is 0 Å². The van der Waals surface area contributed by atoms with E-state index in [4.69, 9.17) is 9.47 Å². The summed E-state index contributed by atoms with van der Waals surface area (Å²) in [6, 6.07) is 7.68. The van der Waals surface area contributed by atoms with Crippen LogP contribution in [0.15, 0.2) is 36.4 Å². The van der Waals surface area contributed by atoms with Gasteiger partial charge in [-0.2, -0.15) is 0 Å². The Balaban J connectivity index is 1.50. The molecule has 0 bridgehead atoms. The molecule has 1 aliphatic heterocycles. The summed E-state index contributed by atoms with van der Waals surface area (Å²) in [7, 11) is 0. The van der Waals surface area contributed by atoms with Crippen LogP contribution in [-0.4, -0.2) is 44.3 Å². The van der Waals surface area contributed by atoms with E-state index in [2.05, 4.69) is 16.3 Å². The lowest BCUT2D eigenvalue weighted by Gasteiger charge is -2.29. The first-order valence-corrected chi connectivity index (χ1v) is 9.22. The molecule has 140 valence electrons. The smallest absolute Gasteiger partial charge is 0.310 e. The number of amides is 1. The topological polar surface area (TPSA) is 67.9 Å². The second-order valence-corrected chi connectivity index (χ2v) is 6.70. The molecule has 1 heterocycles. The zero-order chi connectivity index (χ0) is 18.4. The van der Waals surface area contributed by atoms with Gasteiger partial charge < -0.3 is 19.7 Å². The van der Waals surface area contributed by atoms with Crippen LogP contribution in [0.2, 0.25) is 0 Å². The molecule has 3 rings (SSSR count). The van der Waals surface area contributed by atoms with Crippen molar-refractivity contribution in [3.8, 4) is 0 Å². The molecular weight excluding hydrogens is 332 g/mol. The summed E-state index contributed by atoms with van der Waals surface area (Å²) in [5, 5.41) is 2.81. The number of allylic oxidation sites excluding steroid dienone is 2. The molecule has 2 atom stereocenters. The predicted molar refractivity (Wildman–Crippen MR) is 100 cm³/mol. The maximum Gasteiger partial charge on any atom is 0.310 e. The van der Waals surface area contributed by atoms with E-state index in [-0.39, 0.29) is 17.8 Å². The van der Waals surface area contributed by atoms with Gasteiger partial charge in [0, 0.05) is 24.5 Å². The summed E-state index contributed by atoms with van der Waals surface area (Å²) in [5.74, 6) is -0.744. The van der Waals surface area contributed by atoms with Gasteiger partial charge in [0.05, 0.1) is 19.1 Å². The molecule has 0 aromatic heterocycles. The highest BCUT2D eigenvalue weighted by atomic mass is 16.5. The largest absolute Gasteiger partial charge is 0.452 e. The van der Waals surface area contributed by atoms with Crippen LogP contribution in [0.1, 0.15) is 26.2 Å². The lowest BCUT2D eigenvalue weighted by Crippen LogP contribution is -2.36. The van der Waals surface area contributed by atoms with Crippen LogP contribution in [0.25, 0.3) is 0 Å². The van der Waals surface area contributed by atoms with Crippen LogP contribution in [0, 0.1) is 5.92 Å². The molecule has 1 saturated heterocycles. The zero-order valence-corrected chi connectivity index (χ0v) is 15.1. The van der Waals surface area contributed by atoms with Crippen LogP contribution in [0.5, 0.6) is 0 Å². The van der Waals surface area contributed by atoms with Gasteiger partial charge in [0.2, 0.25) is 0 Å². The Morgan fingerprint density at radius 3 is 2.58 bits per heavy atom. The quantitative estimate of drug-likeness (QED) is 0.647. The molecule has 0 radical (unpaired) electrons. The number of hydrogen-bond acceptors (Lipinski definition) is 5. The van der Waals surface area contributed by atoms with Gasteiger partial charge in [-0.25, -0.2) is 0 Å². The number of anilines is 2. The molecule has 6 heteroatoms. The first kappa shape index (κ1) is 18.5. The van der Waals surface area contributed by atoms with Crippen LogP contribution < -0.4 is 10.2 Å². The van der Waals surface area contributed by atoms with E-state index < -0.39 is 6.10 Å². The Hall–Kier alpha value is -2.34. The second-order valence-electron chi connectivity index (χ2n) is 6.70. The lowest BCUT2D eigenvalue weighted by atomic mass is 9.95. The van der Waals surface area contributed by atoms with Gasteiger partial charge in [-0.1, -0.05) is 12.2 Å². The Labute approximate surface area is 154 Å². The van der Waals surface area contributed by atoms with E-state index in [1.54, 1.807) is 6.92 Å². The molecule has 1 amide bonds. The first-order valence-electron chi connectivity index (χ1n) is 9.22. The highest BCUT2D eigenvalue weighted by Crippen LogP contribution is 2.21. The molecule has 1 aromatic carbocycles. The van der Waals surface area contributed by atoms with Crippen molar-refractivity contribution in [3.05, 3.63) is 36.4 Å². The number of esters is 1. The predicted octanol–water partition coefficient (Wildman–Crippen LogP) is 2.75. The molecule has 1 fully saturated rings. The fourth-order valence-corrected chi connectivity index (χ4v) is 3.15. The van der Waals surface area contributed by atoms with Gasteiger partial charge in [-0.05, 0) is 50.5 Å². The van der Waals surface area contributed by atoms with Gasteiger partial charge in [0.25, 0.3) is 5.91 Å². The fourth-order valence-electron chi connectivity index (χ4n) is 3.15. The minimum Gasteiger partial charge on any atom is -0.452 e. The number of carbonyl (C=O) groups excluding carboxylic acids is 2. The lowest BCUT2D eigenvalue weighted by molar-refractivity contribution is -0.157. The maximum atomic E-state index is 12.3. The summed E-state index contributed by atoms with van der Waals surface area (Å²) in [6.45, 7) is 4.81. The average Bonchev–Trinajstić information content (AvgIpc) is 2.70. The summed E-state index contributed by atoms with van der Waals surface area (Å²) in [5.41, 5.74) is 1.80. The second kappa shape index (κ2) is 8.85. The van der Waals surface area contributed by atoms with Crippen LogP contribution in [0.4, 0.5) is 11.4 Å². The van der Waals surface area contributed by atoms with E-state index in [1.165, 1.54) is 0 Å². The molecule has 6 nitrogen and oxygen atoms in total. The molecule has 2 unspecified atom stereocenters. The molecule has 2 aliphatic rings. The molecule has 0 saturated carbocycles. The average molecular weight is 358 g/mol. The zero-order valence-electron chi connectivity index (χ0n) is 15.1. The highest BCUT2D eigenvalue weighted by molar-refractivity contribution is 5.95. The Bertz CT molecular complexity index is 650. The highest BCUT2D eigenvalue weighted by Gasteiger charge is 2.25. The van der Waals surface area contributed by atoms with E-state index in [0.29, 0.717) is 12.1 Å². The van der Waals surface area contributed by atoms with Crippen molar-refractivity contribution in [2.24, 2.45) is 5.92 Å². The Kier molecular flexibility index (Phi) is 6.28. The van der Waals surface area contributed by atoms with E-state index in [1.807, 2.05) is 30.3 Å². The molecule has 1 aromatic rings. The van der Waals surface area contributed by atoms with Crippen LogP contribution >= 0.6 is 0 Å². The van der Waals surface area contributed by atoms with Crippen LogP contribution in [-0.2, 0) is 19.1 Å². The molecule has 26 heavy (non-hydrogen) atoms. The summed E-state index contributed by atoms with van der Waals surface area (Å²) >= 11 is 0. The SMILES string of the molecule is CC(OC(=O)C1CC=CCC1)C(=O)Nc1ccc(N2CCOCC2)cc1. The molecule has 1 N–H and O–H groups in total. The van der Waals surface area contributed by atoms with Gasteiger partial charge >= 0.3 is 5.97 Å². The Morgan fingerprint density at radius 1 is 1.19 bits per heavy atom. The molecule has 0 spiro atoms. The normalized spacial score (nSPS) is 21.1. The van der Waals surface area contributed by atoms with Crippen molar-refractivity contribution in [1.29, 1.82) is 0 Å². The van der Waals surface area contributed by atoms with E-state index in [0.717, 1.165) is 44.8 Å². The molecule has 1 aliphatic carbocycles. The van der Waals surface area contributed by atoms with Crippen molar-refractivity contribution in [2.45, 2.75) is 32.3 Å². The van der Waals surface area contributed by atoms with E-state index in [9.17, 15) is 9.59 Å². The number of nitrogens with zero attached hydrogens (tertiary/aromatic N) is 1. The summed E-state index contributed by atoms with van der Waals surface area (Å²) in [4.78, 5) is 26.7. The number of hydrogen-bond donors (Lipinski definition) is 1. The minimum absolute atomic E-state index is 0.136. The third-order valence-electron chi connectivity index (χ3n) is 4.78. The third-order valence-corrected chi connectivity index (χ3v) is 4.78. The fraction of sp³-hybridized carbons (Fsp3) is 0.500. The van der Waals surface area contributed by atoms with Crippen molar-refractivity contribution >= 4 is 23.3 Å². The van der Waals surface area contributed by atoms with Crippen molar-refractivity contribution < 1.29 is 19.1 Å². The van der Waals surface area contributed by atoms with Crippen molar-refractivity contribution in [3.63, 3.8) is 0 Å². The van der Waals surface area contributed by atoms with Gasteiger partial charge in [-0.3, -0.25) is 9.59 Å². The van der Waals surface area contributed by atoms with Crippen molar-refractivity contribution in [2.75, 3.05) is 36.5 Å². The maximum absolute atomic E-state index is 12.3. The monoisotopic (exact) mass is 358 g/mol. The standard InChI is InChI=1S/C20H26N2O4/c1-15(26-20(24)16-5-3-2-4-6-16)19(23)21-17-7-9-18(10-8-17)22-11-13-25-14-12-22/h2-3,7-10,15-16H,4-6,11-14H2,1H3,(H,21,23). The van der Waals surface area contributed by atoms with Gasteiger partial charge in [0.15, 0.2) is 6.10 Å². The minimum atomic E-state index is -0.813. The number of nitrogens with one attached hydrogen (secondary N) is 1. The van der Waals surface area contributed by atoms with Gasteiger partial charge in [0.1, 0.15) is 0 Å². The van der Waals surface area contributed by atoms with Crippen molar-refractivity contribution in [1.82, 2.24) is 0 Å². The number of morpholine rings is 1. The summed E-state index contributed by atoms with van der Waals surface area (Å²) < 4.78 is 10.7. The third kappa shape index (κ3) is 4.85. The number of carbonyl (C=O) groups is 2. The number of ether oxygens (including phenoxy) is 2. The number of rotatable bonds is 5. The number of benzene rings is 1. The molecular formula is C20H26N2O4. The Morgan fingerprint density at radius 2 is 1.92 bits per heavy atom. The van der Waals surface area contributed by atoms with Crippen LogP contribution in [0.3, 0.4) is 0 Å².